The molecule has 0 aliphatic rings. The van der Waals surface area contributed by atoms with Gasteiger partial charge in [-0.3, -0.25) is 0 Å². The van der Waals surface area contributed by atoms with Crippen LogP contribution in [-0.4, -0.2) is 0 Å². The second kappa shape index (κ2) is 11.3. The first-order chi connectivity index (χ1) is 8.60. The van der Waals surface area contributed by atoms with E-state index in [1.165, 1.54) is 37.7 Å². The summed E-state index contributed by atoms with van der Waals surface area (Å²) in [6.07, 6.45) is 15.4. The van der Waals surface area contributed by atoms with Crippen LogP contribution in [0.5, 0.6) is 0 Å². The Morgan fingerprint density at radius 2 is 1.83 bits per heavy atom. The molecule has 1 unspecified atom stereocenters. The van der Waals surface area contributed by atoms with Gasteiger partial charge >= 0.3 is 0 Å². The minimum Gasteiger partial charge on any atom is -0.103 e. The van der Waals surface area contributed by atoms with Crippen LogP contribution in [0.15, 0.2) is 36.0 Å². The number of allylic oxidation sites excluding steroid dienone is 5. The minimum atomic E-state index is 0.813. The van der Waals surface area contributed by atoms with Gasteiger partial charge in [0.1, 0.15) is 0 Å². The lowest BCUT2D eigenvalue weighted by molar-refractivity contribution is 0.508. The van der Waals surface area contributed by atoms with Gasteiger partial charge in [0.25, 0.3) is 0 Å². The Morgan fingerprint density at radius 3 is 2.44 bits per heavy atom. The molecule has 0 aliphatic carbocycles. The van der Waals surface area contributed by atoms with Gasteiger partial charge in [0.15, 0.2) is 0 Å². The normalized spacial score (nSPS) is 14.7. The van der Waals surface area contributed by atoms with Crippen LogP contribution in [0.1, 0.15) is 72.6 Å². The van der Waals surface area contributed by atoms with Crippen LogP contribution in [-0.2, 0) is 0 Å². The Morgan fingerprint density at radius 1 is 1.11 bits per heavy atom. The standard InChI is InChI=1S/C18H32/c1-6-8-9-12-17(4)15-18(5)14-10-13-16(3)11-7-2/h6,11,14,17H,1,7-10,12-13,15H2,2-5H3. The third-order valence-electron chi connectivity index (χ3n) is 3.36. The molecule has 0 spiro atoms. The summed E-state index contributed by atoms with van der Waals surface area (Å²) < 4.78 is 0. The summed E-state index contributed by atoms with van der Waals surface area (Å²) in [7, 11) is 0. The number of unbranched alkanes of at least 4 members (excludes halogenated alkanes) is 1. The fourth-order valence-corrected chi connectivity index (χ4v) is 2.34. The van der Waals surface area contributed by atoms with Crippen LogP contribution in [0.3, 0.4) is 0 Å². The summed E-state index contributed by atoms with van der Waals surface area (Å²) in [5.74, 6) is 0.813. The summed E-state index contributed by atoms with van der Waals surface area (Å²) in [5.41, 5.74) is 3.09. The fraction of sp³-hybridized carbons (Fsp3) is 0.667. The topological polar surface area (TPSA) is 0 Å². The van der Waals surface area contributed by atoms with E-state index in [2.05, 4.69) is 46.4 Å². The predicted molar refractivity (Wildman–Crippen MR) is 84.9 cm³/mol. The smallest absolute Gasteiger partial charge is 0.0288 e. The molecule has 1 atom stereocenters. The highest BCUT2D eigenvalue weighted by Crippen LogP contribution is 2.18. The van der Waals surface area contributed by atoms with Gasteiger partial charge in [0.2, 0.25) is 0 Å². The molecule has 0 saturated carbocycles. The molecule has 0 aliphatic heterocycles. The van der Waals surface area contributed by atoms with Crippen molar-refractivity contribution < 1.29 is 0 Å². The lowest BCUT2D eigenvalue weighted by Crippen LogP contribution is -1.95. The Hall–Kier alpha value is -0.780. The van der Waals surface area contributed by atoms with E-state index in [-0.39, 0.29) is 0 Å². The van der Waals surface area contributed by atoms with Gasteiger partial charge in [-0.15, -0.1) is 6.58 Å². The monoisotopic (exact) mass is 248 g/mol. The van der Waals surface area contributed by atoms with E-state index in [0.717, 1.165) is 18.8 Å². The van der Waals surface area contributed by atoms with Crippen LogP contribution in [0.2, 0.25) is 0 Å². The number of rotatable bonds is 10. The van der Waals surface area contributed by atoms with Crippen LogP contribution in [0.4, 0.5) is 0 Å². The molecule has 18 heavy (non-hydrogen) atoms. The summed E-state index contributed by atoms with van der Waals surface area (Å²) in [5, 5.41) is 0. The van der Waals surface area contributed by atoms with Crippen LogP contribution < -0.4 is 0 Å². The lowest BCUT2D eigenvalue weighted by atomic mass is 9.95. The minimum absolute atomic E-state index is 0.813. The van der Waals surface area contributed by atoms with Crippen molar-refractivity contribution in [2.24, 2.45) is 5.92 Å². The van der Waals surface area contributed by atoms with Crippen LogP contribution in [0.25, 0.3) is 0 Å². The van der Waals surface area contributed by atoms with Crippen molar-refractivity contribution in [1.29, 1.82) is 0 Å². The van der Waals surface area contributed by atoms with Crippen LogP contribution >= 0.6 is 0 Å². The maximum Gasteiger partial charge on any atom is -0.0288 e. The maximum atomic E-state index is 3.77. The van der Waals surface area contributed by atoms with Crippen molar-refractivity contribution in [3.8, 4) is 0 Å². The molecule has 0 fully saturated rings. The van der Waals surface area contributed by atoms with E-state index < -0.39 is 0 Å². The average Bonchev–Trinajstić information content (AvgIpc) is 2.29. The molecule has 0 bridgehead atoms. The first-order valence-electron chi connectivity index (χ1n) is 7.52. The molecule has 0 heteroatoms. The quantitative estimate of drug-likeness (QED) is 0.308. The van der Waals surface area contributed by atoms with Crippen LogP contribution in [0, 0.1) is 5.92 Å². The maximum absolute atomic E-state index is 3.77. The molecule has 104 valence electrons. The first-order valence-corrected chi connectivity index (χ1v) is 7.52. The molecule has 0 radical (unpaired) electrons. The summed E-state index contributed by atoms with van der Waals surface area (Å²) in [4.78, 5) is 0. The van der Waals surface area contributed by atoms with Gasteiger partial charge in [0, 0.05) is 0 Å². The molecule has 0 N–H and O–H groups in total. The van der Waals surface area contributed by atoms with Crippen molar-refractivity contribution in [2.75, 3.05) is 0 Å². The molecule has 0 aromatic heterocycles. The fourth-order valence-electron chi connectivity index (χ4n) is 2.34. The summed E-state index contributed by atoms with van der Waals surface area (Å²) in [6.45, 7) is 12.9. The highest BCUT2D eigenvalue weighted by atomic mass is 14.1. The van der Waals surface area contributed by atoms with Gasteiger partial charge < -0.3 is 0 Å². The second-order valence-electron chi connectivity index (χ2n) is 5.58. The molecule has 0 amide bonds. The van der Waals surface area contributed by atoms with E-state index in [4.69, 9.17) is 0 Å². The molecule has 0 nitrogen and oxygen atoms in total. The molecule has 0 rings (SSSR count). The molecular formula is C18H32. The molecule has 0 aromatic rings. The zero-order valence-corrected chi connectivity index (χ0v) is 13.0. The van der Waals surface area contributed by atoms with Crippen molar-refractivity contribution in [3.05, 3.63) is 36.0 Å². The largest absolute Gasteiger partial charge is 0.103 e. The van der Waals surface area contributed by atoms with Crippen molar-refractivity contribution >= 4 is 0 Å². The summed E-state index contributed by atoms with van der Waals surface area (Å²) >= 11 is 0. The molecule has 0 heterocycles. The Balaban J connectivity index is 3.82. The third-order valence-corrected chi connectivity index (χ3v) is 3.36. The van der Waals surface area contributed by atoms with Crippen molar-refractivity contribution in [1.82, 2.24) is 0 Å². The Labute approximate surface area is 115 Å². The van der Waals surface area contributed by atoms with Gasteiger partial charge in [-0.1, -0.05) is 49.6 Å². The Kier molecular flexibility index (Phi) is 10.8. The summed E-state index contributed by atoms with van der Waals surface area (Å²) in [6, 6.07) is 0. The predicted octanol–water partition coefficient (Wildman–Crippen LogP) is 6.45. The van der Waals surface area contributed by atoms with Gasteiger partial charge in [-0.05, 0) is 58.3 Å². The van der Waals surface area contributed by atoms with Gasteiger partial charge in [-0.2, -0.15) is 0 Å². The second-order valence-corrected chi connectivity index (χ2v) is 5.58. The SMILES string of the molecule is C=CCCCC(C)CC(C)=CCCC(C)=CCC. The molecule has 0 saturated heterocycles. The zero-order valence-electron chi connectivity index (χ0n) is 13.0. The number of hydrogen-bond donors (Lipinski definition) is 0. The average molecular weight is 248 g/mol. The van der Waals surface area contributed by atoms with Crippen molar-refractivity contribution in [2.45, 2.75) is 72.6 Å². The van der Waals surface area contributed by atoms with E-state index >= 15 is 0 Å². The molecule has 0 aromatic carbocycles. The van der Waals surface area contributed by atoms with Gasteiger partial charge in [-0.25, -0.2) is 0 Å². The Bertz CT molecular complexity index is 268. The highest BCUT2D eigenvalue weighted by Gasteiger charge is 2.02. The lowest BCUT2D eigenvalue weighted by Gasteiger charge is -2.11. The highest BCUT2D eigenvalue weighted by molar-refractivity contribution is 5.03. The molecular weight excluding hydrogens is 216 g/mol. The van der Waals surface area contributed by atoms with Crippen molar-refractivity contribution in [3.63, 3.8) is 0 Å². The van der Waals surface area contributed by atoms with E-state index in [1.807, 2.05) is 6.08 Å². The third kappa shape index (κ3) is 10.4. The van der Waals surface area contributed by atoms with E-state index in [1.54, 1.807) is 5.57 Å². The van der Waals surface area contributed by atoms with E-state index in [9.17, 15) is 0 Å². The first kappa shape index (κ1) is 17.2. The zero-order chi connectivity index (χ0) is 13.8. The van der Waals surface area contributed by atoms with E-state index in [0.29, 0.717) is 0 Å². The number of hydrogen-bond acceptors (Lipinski definition) is 0. The van der Waals surface area contributed by atoms with Gasteiger partial charge in [0.05, 0.1) is 0 Å².